The number of methoxy groups -OCH3 is 1. The summed E-state index contributed by atoms with van der Waals surface area (Å²) in [6.45, 7) is 6.57. The summed E-state index contributed by atoms with van der Waals surface area (Å²) in [4.78, 5) is 2.13. The van der Waals surface area contributed by atoms with Crippen molar-refractivity contribution in [3.63, 3.8) is 0 Å². The van der Waals surface area contributed by atoms with Crippen molar-refractivity contribution in [3.05, 3.63) is 71.4 Å². The zero-order chi connectivity index (χ0) is 25.0. The van der Waals surface area contributed by atoms with Gasteiger partial charge >= 0.3 is 0 Å². The molecule has 0 aliphatic carbocycles. The van der Waals surface area contributed by atoms with Crippen molar-refractivity contribution in [2.45, 2.75) is 32.9 Å². The Morgan fingerprint density at radius 1 is 1.14 bits per heavy atom. The van der Waals surface area contributed by atoms with Crippen LogP contribution >= 0.6 is 0 Å². The van der Waals surface area contributed by atoms with E-state index in [9.17, 15) is 5.11 Å². The van der Waals surface area contributed by atoms with Gasteiger partial charge in [0.05, 0.1) is 36.3 Å². The number of para-hydroxylation sites is 1. The molecule has 0 amide bonds. The molecule has 0 bridgehead atoms. The highest BCUT2D eigenvalue weighted by atomic mass is 16.5. The number of benzene rings is 2. The van der Waals surface area contributed by atoms with Crippen molar-refractivity contribution in [3.8, 4) is 29.7 Å². The Bertz CT molecular complexity index is 1070. The average Bonchev–Trinajstić information content (AvgIpc) is 3.21. The summed E-state index contributed by atoms with van der Waals surface area (Å²) in [5.41, 5.74) is 4.00. The predicted molar refractivity (Wildman–Crippen MR) is 137 cm³/mol. The van der Waals surface area contributed by atoms with E-state index in [2.05, 4.69) is 17.7 Å². The maximum Gasteiger partial charge on any atom is 0.227 e. The van der Waals surface area contributed by atoms with Crippen LogP contribution in [0.15, 0.2) is 54.6 Å². The van der Waals surface area contributed by atoms with E-state index in [-0.39, 0.29) is 13.2 Å². The number of nitrogens with zero attached hydrogens (tertiary/aromatic N) is 3. The van der Waals surface area contributed by atoms with E-state index in [1.807, 2.05) is 66.2 Å². The van der Waals surface area contributed by atoms with Gasteiger partial charge in [-0.25, -0.2) is 4.68 Å². The molecule has 2 aromatic carbocycles. The molecule has 7 heteroatoms. The molecule has 0 saturated carbocycles. The summed E-state index contributed by atoms with van der Waals surface area (Å²) in [6.07, 6.45) is 5.30. The Hall–Kier alpha value is -3.15. The first-order valence-corrected chi connectivity index (χ1v) is 11.9. The minimum absolute atomic E-state index is 0.171. The molecule has 7 nitrogen and oxygen atoms in total. The molecule has 1 heterocycles. The number of terminal acetylenes is 1. The zero-order valence-corrected chi connectivity index (χ0v) is 20.8. The van der Waals surface area contributed by atoms with Crippen LogP contribution < -0.4 is 4.74 Å². The summed E-state index contributed by atoms with van der Waals surface area (Å²) in [5, 5.41) is 15.4. The fraction of sp³-hybridized carbons (Fsp3) is 0.393. The lowest BCUT2D eigenvalue weighted by Gasteiger charge is -2.25. The quantitative estimate of drug-likeness (QED) is 0.280. The van der Waals surface area contributed by atoms with Crippen molar-refractivity contribution < 1.29 is 19.3 Å². The number of hydrogen-bond donors (Lipinski definition) is 1. The number of aryl methyl sites for hydroxylation is 2. The molecular weight excluding hydrogens is 442 g/mol. The number of rotatable bonds is 14. The van der Waals surface area contributed by atoms with Gasteiger partial charge in [0.1, 0.15) is 12.4 Å². The molecule has 1 N–H and O–H groups in total. The van der Waals surface area contributed by atoms with Gasteiger partial charge in [0.2, 0.25) is 5.88 Å². The van der Waals surface area contributed by atoms with Gasteiger partial charge in [0, 0.05) is 26.7 Å². The van der Waals surface area contributed by atoms with Crippen LogP contribution in [0.25, 0.3) is 5.69 Å². The molecule has 0 fully saturated rings. The molecule has 1 aromatic heterocycles. The van der Waals surface area contributed by atoms with E-state index in [0.29, 0.717) is 32.1 Å². The standard InChI is InChI=1S/C28H35N3O4/c1-5-17-34-21-24(32)19-30(16-18-33-4)20-26-27(6-2)29-31(23-10-8-7-9-11-23)28(26)35-25-14-12-22(3)13-15-25/h1,7-15,24,32H,6,16-21H2,2-4H3/t24-/m1/s1. The maximum absolute atomic E-state index is 10.5. The first-order chi connectivity index (χ1) is 17.0. The molecule has 3 aromatic rings. The Morgan fingerprint density at radius 3 is 2.54 bits per heavy atom. The summed E-state index contributed by atoms with van der Waals surface area (Å²) in [7, 11) is 1.67. The molecule has 0 unspecified atom stereocenters. The second-order valence-corrected chi connectivity index (χ2v) is 8.35. The molecule has 0 spiro atoms. The van der Waals surface area contributed by atoms with Gasteiger partial charge < -0.3 is 19.3 Å². The summed E-state index contributed by atoms with van der Waals surface area (Å²) >= 11 is 0. The maximum atomic E-state index is 10.5. The Labute approximate surface area is 208 Å². The molecule has 0 aliphatic rings. The van der Waals surface area contributed by atoms with Crippen molar-refractivity contribution in [1.82, 2.24) is 14.7 Å². The van der Waals surface area contributed by atoms with Gasteiger partial charge in [-0.05, 0) is 37.6 Å². The molecule has 1 atom stereocenters. The van der Waals surface area contributed by atoms with Crippen LogP contribution in [0, 0.1) is 19.3 Å². The van der Waals surface area contributed by atoms with Crippen LogP contribution in [-0.2, 0) is 22.4 Å². The monoisotopic (exact) mass is 477 g/mol. The molecular formula is C28H35N3O4. The molecule has 0 radical (unpaired) electrons. The number of hydrogen-bond acceptors (Lipinski definition) is 6. The Balaban J connectivity index is 1.96. The van der Waals surface area contributed by atoms with E-state index in [0.717, 1.165) is 34.7 Å². The second kappa shape index (κ2) is 13.7. The molecule has 0 saturated heterocycles. The van der Waals surface area contributed by atoms with Crippen molar-refractivity contribution >= 4 is 0 Å². The van der Waals surface area contributed by atoms with Gasteiger partial charge in [-0.1, -0.05) is 48.7 Å². The first kappa shape index (κ1) is 26.5. The third-order valence-corrected chi connectivity index (χ3v) is 5.55. The molecule has 0 aliphatic heterocycles. The topological polar surface area (TPSA) is 69.0 Å². The molecule has 186 valence electrons. The van der Waals surface area contributed by atoms with Gasteiger partial charge in [-0.2, -0.15) is 5.10 Å². The van der Waals surface area contributed by atoms with Crippen molar-refractivity contribution in [2.24, 2.45) is 0 Å². The average molecular weight is 478 g/mol. The Kier molecular flexibility index (Phi) is 10.3. The number of ether oxygens (including phenoxy) is 3. The van der Waals surface area contributed by atoms with E-state index in [1.54, 1.807) is 7.11 Å². The summed E-state index contributed by atoms with van der Waals surface area (Å²) < 4.78 is 19.0. The summed E-state index contributed by atoms with van der Waals surface area (Å²) in [5.74, 6) is 3.83. The van der Waals surface area contributed by atoms with Crippen LogP contribution in [0.4, 0.5) is 0 Å². The number of aromatic nitrogens is 2. The third kappa shape index (κ3) is 7.67. The van der Waals surface area contributed by atoms with Crippen molar-refractivity contribution in [2.75, 3.05) is 40.0 Å². The fourth-order valence-electron chi connectivity index (χ4n) is 3.77. The van der Waals surface area contributed by atoms with Crippen LogP contribution in [0.5, 0.6) is 11.6 Å². The van der Waals surface area contributed by atoms with Gasteiger partial charge in [0.25, 0.3) is 0 Å². The van der Waals surface area contributed by atoms with E-state index >= 15 is 0 Å². The predicted octanol–water partition coefficient (Wildman–Crippen LogP) is 3.99. The highest BCUT2D eigenvalue weighted by Gasteiger charge is 2.23. The van der Waals surface area contributed by atoms with Crippen LogP contribution in [0.1, 0.15) is 23.7 Å². The van der Waals surface area contributed by atoms with Crippen LogP contribution in [0.2, 0.25) is 0 Å². The van der Waals surface area contributed by atoms with Gasteiger partial charge in [-0.15, -0.1) is 6.42 Å². The number of aliphatic hydroxyl groups excluding tert-OH is 1. The molecule has 3 rings (SSSR count). The Morgan fingerprint density at radius 2 is 1.89 bits per heavy atom. The SMILES string of the molecule is C#CCOC[C@H](O)CN(CCOC)Cc1c(CC)nn(-c2ccccc2)c1Oc1ccc(C)cc1. The van der Waals surface area contributed by atoms with Crippen LogP contribution in [0.3, 0.4) is 0 Å². The lowest BCUT2D eigenvalue weighted by atomic mass is 10.1. The lowest BCUT2D eigenvalue weighted by Crippen LogP contribution is -2.36. The van der Waals surface area contributed by atoms with E-state index in [4.69, 9.17) is 25.7 Å². The second-order valence-electron chi connectivity index (χ2n) is 8.35. The highest BCUT2D eigenvalue weighted by Crippen LogP contribution is 2.32. The van der Waals surface area contributed by atoms with E-state index in [1.165, 1.54) is 0 Å². The largest absolute Gasteiger partial charge is 0.439 e. The first-order valence-electron chi connectivity index (χ1n) is 11.9. The van der Waals surface area contributed by atoms with Crippen molar-refractivity contribution in [1.29, 1.82) is 0 Å². The minimum Gasteiger partial charge on any atom is -0.439 e. The highest BCUT2D eigenvalue weighted by molar-refractivity contribution is 5.44. The smallest absolute Gasteiger partial charge is 0.227 e. The van der Waals surface area contributed by atoms with Gasteiger partial charge in [0.15, 0.2) is 0 Å². The zero-order valence-electron chi connectivity index (χ0n) is 20.8. The van der Waals surface area contributed by atoms with E-state index < -0.39 is 6.10 Å². The fourth-order valence-corrected chi connectivity index (χ4v) is 3.77. The minimum atomic E-state index is -0.684. The molecule has 35 heavy (non-hydrogen) atoms. The normalized spacial score (nSPS) is 12.0. The van der Waals surface area contributed by atoms with Crippen LogP contribution in [-0.4, -0.2) is 65.9 Å². The number of aliphatic hydroxyl groups is 1. The van der Waals surface area contributed by atoms with Gasteiger partial charge in [-0.3, -0.25) is 4.90 Å². The third-order valence-electron chi connectivity index (χ3n) is 5.55. The summed E-state index contributed by atoms with van der Waals surface area (Å²) in [6, 6.07) is 17.9. The lowest BCUT2D eigenvalue weighted by molar-refractivity contribution is 0.0205.